The molecule has 7 heteroatoms. The average Bonchev–Trinajstić information content (AvgIpc) is 2.55. The van der Waals surface area contributed by atoms with Gasteiger partial charge in [-0.3, -0.25) is 14.9 Å². The Morgan fingerprint density at radius 2 is 2.09 bits per heavy atom. The number of hydrogen-bond donors (Lipinski definition) is 1. The van der Waals surface area contributed by atoms with Gasteiger partial charge in [0.2, 0.25) is 5.91 Å². The Balaban J connectivity index is 1.98. The SMILES string of the molecule is N#Cc1ccccc1C=NNC(=O)Cc1cccc([N+](=O)[O-])c1. The first kappa shape index (κ1) is 15.9. The lowest BCUT2D eigenvalue weighted by Gasteiger charge is -2.01. The van der Waals surface area contributed by atoms with Crippen LogP contribution in [0.4, 0.5) is 5.69 Å². The molecule has 0 unspecified atom stereocenters. The first-order valence-corrected chi connectivity index (χ1v) is 6.64. The number of rotatable bonds is 5. The number of carbonyl (C=O) groups is 1. The van der Waals surface area contributed by atoms with E-state index in [9.17, 15) is 14.9 Å². The Bertz CT molecular complexity index is 809. The molecule has 0 aromatic heterocycles. The Labute approximate surface area is 132 Å². The molecule has 0 spiro atoms. The zero-order chi connectivity index (χ0) is 16.7. The highest BCUT2D eigenvalue weighted by atomic mass is 16.6. The third kappa shape index (κ3) is 4.47. The van der Waals surface area contributed by atoms with Crippen molar-refractivity contribution >= 4 is 17.8 Å². The molecular weight excluding hydrogens is 296 g/mol. The van der Waals surface area contributed by atoms with Crippen LogP contribution < -0.4 is 5.43 Å². The molecule has 2 aromatic carbocycles. The zero-order valence-corrected chi connectivity index (χ0v) is 12.0. The number of amides is 1. The number of nitrogens with one attached hydrogen (secondary N) is 1. The van der Waals surface area contributed by atoms with Crippen molar-refractivity contribution < 1.29 is 9.72 Å². The molecule has 2 aromatic rings. The zero-order valence-electron chi connectivity index (χ0n) is 12.0. The maximum Gasteiger partial charge on any atom is 0.269 e. The van der Waals surface area contributed by atoms with Gasteiger partial charge in [-0.2, -0.15) is 10.4 Å². The summed E-state index contributed by atoms with van der Waals surface area (Å²) in [6.45, 7) is 0. The molecule has 0 aliphatic heterocycles. The van der Waals surface area contributed by atoms with Crippen molar-refractivity contribution in [1.82, 2.24) is 5.43 Å². The fraction of sp³-hybridized carbons (Fsp3) is 0.0625. The lowest BCUT2D eigenvalue weighted by atomic mass is 10.1. The summed E-state index contributed by atoms with van der Waals surface area (Å²) in [6, 6.07) is 14.7. The molecule has 0 fully saturated rings. The van der Waals surface area contributed by atoms with Gasteiger partial charge < -0.3 is 0 Å². The largest absolute Gasteiger partial charge is 0.273 e. The van der Waals surface area contributed by atoms with Crippen molar-refractivity contribution in [3.05, 3.63) is 75.3 Å². The molecule has 1 N–H and O–H groups in total. The standard InChI is InChI=1S/C16H12N4O3/c17-10-13-5-1-2-6-14(13)11-18-19-16(21)9-12-4-3-7-15(8-12)20(22)23/h1-8,11H,9H2,(H,19,21). The van der Waals surface area contributed by atoms with Crippen molar-refractivity contribution in [2.75, 3.05) is 0 Å². The van der Waals surface area contributed by atoms with E-state index in [1.165, 1.54) is 24.4 Å². The number of benzene rings is 2. The molecule has 0 heterocycles. The van der Waals surface area contributed by atoms with Gasteiger partial charge in [0.05, 0.1) is 29.2 Å². The summed E-state index contributed by atoms with van der Waals surface area (Å²) < 4.78 is 0. The maximum absolute atomic E-state index is 11.8. The highest BCUT2D eigenvalue weighted by Crippen LogP contribution is 2.13. The van der Waals surface area contributed by atoms with Crippen LogP contribution >= 0.6 is 0 Å². The second-order valence-electron chi connectivity index (χ2n) is 4.60. The number of hydrogen-bond acceptors (Lipinski definition) is 5. The molecule has 0 aliphatic carbocycles. The van der Waals surface area contributed by atoms with Gasteiger partial charge in [-0.05, 0) is 11.6 Å². The van der Waals surface area contributed by atoms with Gasteiger partial charge in [-0.15, -0.1) is 0 Å². The molecule has 0 saturated heterocycles. The quantitative estimate of drug-likeness (QED) is 0.518. The normalized spacial score (nSPS) is 10.2. The van der Waals surface area contributed by atoms with Crippen LogP contribution in [0.25, 0.3) is 0 Å². The minimum Gasteiger partial charge on any atom is -0.273 e. The molecule has 2 rings (SSSR count). The van der Waals surface area contributed by atoms with Crippen molar-refractivity contribution in [3.8, 4) is 6.07 Å². The Hall–Kier alpha value is -3.53. The van der Waals surface area contributed by atoms with E-state index >= 15 is 0 Å². The monoisotopic (exact) mass is 308 g/mol. The molecule has 0 atom stereocenters. The van der Waals surface area contributed by atoms with Crippen LogP contribution in [-0.4, -0.2) is 17.0 Å². The number of nitro benzene ring substituents is 1. The van der Waals surface area contributed by atoms with Crippen molar-refractivity contribution in [2.24, 2.45) is 5.10 Å². The average molecular weight is 308 g/mol. The summed E-state index contributed by atoms with van der Waals surface area (Å²) in [4.78, 5) is 21.9. The van der Waals surface area contributed by atoms with Gasteiger partial charge >= 0.3 is 0 Å². The van der Waals surface area contributed by atoms with Gasteiger partial charge in [0.25, 0.3) is 5.69 Å². The van der Waals surface area contributed by atoms with Crippen LogP contribution in [0.15, 0.2) is 53.6 Å². The first-order chi connectivity index (χ1) is 11.1. The molecule has 0 bridgehead atoms. The Morgan fingerprint density at radius 1 is 1.30 bits per heavy atom. The Kier molecular flexibility index (Phi) is 5.15. The predicted molar refractivity (Wildman–Crippen MR) is 83.7 cm³/mol. The smallest absolute Gasteiger partial charge is 0.269 e. The molecule has 7 nitrogen and oxygen atoms in total. The molecule has 114 valence electrons. The summed E-state index contributed by atoms with van der Waals surface area (Å²) in [5.41, 5.74) is 3.82. The van der Waals surface area contributed by atoms with E-state index in [0.717, 1.165) is 0 Å². The minimum atomic E-state index is -0.515. The molecule has 1 amide bonds. The highest BCUT2D eigenvalue weighted by Gasteiger charge is 2.08. The topological polar surface area (TPSA) is 108 Å². The van der Waals surface area contributed by atoms with Crippen LogP contribution in [0, 0.1) is 21.4 Å². The van der Waals surface area contributed by atoms with Gasteiger partial charge in [0, 0.05) is 17.7 Å². The number of hydrazone groups is 1. The fourth-order valence-corrected chi connectivity index (χ4v) is 1.89. The molecular formula is C16H12N4O3. The molecule has 0 aliphatic rings. The van der Waals surface area contributed by atoms with Crippen LogP contribution in [0.5, 0.6) is 0 Å². The van der Waals surface area contributed by atoms with E-state index in [-0.39, 0.29) is 12.1 Å². The molecule has 23 heavy (non-hydrogen) atoms. The van der Waals surface area contributed by atoms with E-state index in [4.69, 9.17) is 5.26 Å². The van der Waals surface area contributed by atoms with Gasteiger partial charge in [0.1, 0.15) is 0 Å². The minimum absolute atomic E-state index is 0.0289. The lowest BCUT2D eigenvalue weighted by Crippen LogP contribution is -2.19. The maximum atomic E-state index is 11.8. The van der Waals surface area contributed by atoms with E-state index in [0.29, 0.717) is 16.7 Å². The van der Waals surface area contributed by atoms with Crippen molar-refractivity contribution in [3.63, 3.8) is 0 Å². The number of non-ortho nitro benzene ring substituents is 1. The highest BCUT2D eigenvalue weighted by molar-refractivity contribution is 5.85. The number of nitriles is 1. The molecule has 0 saturated carbocycles. The second-order valence-corrected chi connectivity index (χ2v) is 4.60. The van der Waals surface area contributed by atoms with Gasteiger partial charge in [-0.1, -0.05) is 30.3 Å². The van der Waals surface area contributed by atoms with Crippen LogP contribution in [0.1, 0.15) is 16.7 Å². The third-order valence-electron chi connectivity index (χ3n) is 2.96. The van der Waals surface area contributed by atoms with E-state index in [1.54, 1.807) is 30.3 Å². The van der Waals surface area contributed by atoms with Crippen molar-refractivity contribution in [1.29, 1.82) is 5.26 Å². The summed E-state index contributed by atoms with van der Waals surface area (Å²) in [5.74, 6) is -0.406. The Morgan fingerprint density at radius 3 is 2.83 bits per heavy atom. The van der Waals surface area contributed by atoms with E-state index < -0.39 is 10.8 Å². The van der Waals surface area contributed by atoms with Gasteiger partial charge in [-0.25, -0.2) is 5.43 Å². The summed E-state index contributed by atoms with van der Waals surface area (Å²) >= 11 is 0. The summed E-state index contributed by atoms with van der Waals surface area (Å²) in [6.07, 6.45) is 1.35. The predicted octanol–water partition coefficient (Wildman–Crippen LogP) is 2.16. The van der Waals surface area contributed by atoms with E-state index in [1.807, 2.05) is 6.07 Å². The van der Waals surface area contributed by atoms with Crippen LogP contribution in [-0.2, 0) is 11.2 Å². The summed E-state index contributed by atoms with van der Waals surface area (Å²) in [5, 5.41) is 23.4. The lowest BCUT2D eigenvalue weighted by molar-refractivity contribution is -0.384. The van der Waals surface area contributed by atoms with E-state index in [2.05, 4.69) is 10.5 Å². The third-order valence-corrected chi connectivity index (χ3v) is 2.96. The van der Waals surface area contributed by atoms with Gasteiger partial charge in [0.15, 0.2) is 0 Å². The summed E-state index contributed by atoms with van der Waals surface area (Å²) in [7, 11) is 0. The van der Waals surface area contributed by atoms with Crippen molar-refractivity contribution in [2.45, 2.75) is 6.42 Å². The van der Waals surface area contributed by atoms with Crippen LogP contribution in [0.2, 0.25) is 0 Å². The van der Waals surface area contributed by atoms with Crippen LogP contribution in [0.3, 0.4) is 0 Å². The fourth-order valence-electron chi connectivity index (χ4n) is 1.89. The molecule has 0 radical (unpaired) electrons. The number of nitrogens with zero attached hydrogens (tertiary/aromatic N) is 3. The number of carbonyl (C=O) groups excluding carboxylic acids is 1. The number of nitro groups is 1. The second kappa shape index (κ2) is 7.47. The first-order valence-electron chi connectivity index (χ1n) is 6.64.